The number of aromatic amines is 1. The number of halogens is 2. The van der Waals surface area contributed by atoms with Gasteiger partial charge in [-0.3, -0.25) is 0 Å². The van der Waals surface area contributed by atoms with E-state index in [0.29, 0.717) is 5.82 Å². The molecule has 0 unspecified atom stereocenters. The number of nitrogens with zero attached hydrogens (tertiary/aromatic N) is 1. The van der Waals surface area contributed by atoms with E-state index in [1.165, 1.54) is 18.3 Å². The fourth-order valence-electron chi connectivity index (χ4n) is 1.36. The number of benzene rings is 1. The molecule has 2 aromatic rings. The van der Waals surface area contributed by atoms with Gasteiger partial charge < -0.3 is 4.98 Å². The maximum Gasteiger partial charge on any atom is 0.187 e. The van der Waals surface area contributed by atoms with E-state index in [1.54, 1.807) is 12.3 Å². The molecule has 0 fully saturated rings. The van der Waals surface area contributed by atoms with Crippen molar-refractivity contribution in [2.45, 2.75) is 10.6 Å². The van der Waals surface area contributed by atoms with Gasteiger partial charge in [0, 0.05) is 12.4 Å². The summed E-state index contributed by atoms with van der Waals surface area (Å²) in [6.07, 6.45) is 3.05. The molecule has 1 aromatic heterocycles. The smallest absolute Gasteiger partial charge is 0.187 e. The molecule has 0 saturated heterocycles. The molecule has 1 heterocycles. The highest BCUT2D eigenvalue weighted by Gasteiger charge is 2.21. The summed E-state index contributed by atoms with van der Waals surface area (Å²) in [5.74, 6) is 0.126. The van der Waals surface area contributed by atoms with E-state index < -0.39 is 9.84 Å². The molecule has 0 bridgehead atoms. The van der Waals surface area contributed by atoms with Gasteiger partial charge in [-0.05, 0) is 12.1 Å². The quantitative estimate of drug-likeness (QED) is 0.945. The minimum atomic E-state index is -3.55. The first kappa shape index (κ1) is 12.4. The molecule has 7 heteroatoms. The lowest BCUT2D eigenvalue weighted by atomic mass is 10.4. The molecule has 17 heavy (non-hydrogen) atoms. The number of hydrogen-bond donors (Lipinski definition) is 1. The van der Waals surface area contributed by atoms with Crippen molar-refractivity contribution in [2.75, 3.05) is 0 Å². The highest BCUT2D eigenvalue weighted by molar-refractivity contribution is 7.90. The second-order valence-electron chi connectivity index (χ2n) is 3.35. The Kier molecular flexibility index (Phi) is 3.42. The van der Waals surface area contributed by atoms with E-state index in [9.17, 15) is 8.42 Å². The van der Waals surface area contributed by atoms with Crippen molar-refractivity contribution in [3.8, 4) is 0 Å². The molecule has 2 rings (SSSR count). The summed E-state index contributed by atoms with van der Waals surface area (Å²) in [6, 6.07) is 4.51. The zero-order valence-electron chi connectivity index (χ0n) is 8.52. The van der Waals surface area contributed by atoms with Crippen LogP contribution in [0.25, 0.3) is 0 Å². The molecule has 0 amide bonds. The van der Waals surface area contributed by atoms with Gasteiger partial charge in [0.2, 0.25) is 0 Å². The van der Waals surface area contributed by atoms with Crippen LogP contribution in [-0.2, 0) is 15.6 Å². The van der Waals surface area contributed by atoms with Gasteiger partial charge in [-0.15, -0.1) is 0 Å². The minimum absolute atomic E-state index is 0.0167. The average molecular weight is 291 g/mol. The van der Waals surface area contributed by atoms with Gasteiger partial charge in [0.1, 0.15) is 11.6 Å². The first-order valence-electron chi connectivity index (χ1n) is 4.66. The minimum Gasteiger partial charge on any atom is -0.348 e. The van der Waals surface area contributed by atoms with Crippen molar-refractivity contribution in [3.05, 3.63) is 46.5 Å². The Balaban J connectivity index is 2.42. The van der Waals surface area contributed by atoms with Gasteiger partial charge in [0.25, 0.3) is 0 Å². The molecule has 0 aliphatic carbocycles. The summed E-state index contributed by atoms with van der Waals surface area (Å²) in [5, 5.41) is 0.257. The topological polar surface area (TPSA) is 62.8 Å². The number of nitrogens with one attached hydrogen (secondary N) is 1. The lowest BCUT2D eigenvalue weighted by Crippen LogP contribution is -2.07. The Morgan fingerprint density at radius 3 is 2.71 bits per heavy atom. The zero-order valence-corrected chi connectivity index (χ0v) is 10.9. The van der Waals surface area contributed by atoms with Gasteiger partial charge in [-0.1, -0.05) is 29.3 Å². The summed E-state index contributed by atoms with van der Waals surface area (Å²) >= 11 is 11.7. The predicted octanol–water partition coefficient (Wildman–Crippen LogP) is 2.69. The monoisotopic (exact) mass is 290 g/mol. The number of aromatic nitrogens is 2. The maximum absolute atomic E-state index is 12.1. The number of imidazole rings is 1. The fourth-order valence-corrected chi connectivity index (χ4v) is 3.41. The Hall–Kier alpha value is -1.04. The zero-order chi connectivity index (χ0) is 12.5. The number of rotatable bonds is 3. The van der Waals surface area contributed by atoms with Gasteiger partial charge in [-0.2, -0.15) is 0 Å². The first-order chi connectivity index (χ1) is 8.00. The van der Waals surface area contributed by atoms with Gasteiger partial charge >= 0.3 is 0 Å². The SMILES string of the molecule is O=S(=O)(Cc1ncc[nH]1)c1cccc(Cl)c1Cl. The Morgan fingerprint density at radius 2 is 2.06 bits per heavy atom. The van der Waals surface area contributed by atoms with Crippen LogP contribution in [0.3, 0.4) is 0 Å². The van der Waals surface area contributed by atoms with Crippen molar-refractivity contribution in [2.24, 2.45) is 0 Å². The first-order valence-corrected chi connectivity index (χ1v) is 7.06. The third-order valence-electron chi connectivity index (χ3n) is 2.13. The van der Waals surface area contributed by atoms with Crippen molar-refractivity contribution in [1.82, 2.24) is 9.97 Å². The highest BCUT2D eigenvalue weighted by atomic mass is 35.5. The van der Waals surface area contributed by atoms with Gasteiger partial charge in [-0.25, -0.2) is 13.4 Å². The third kappa shape index (κ3) is 2.62. The number of hydrogen-bond acceptors (Lipinski definition) is 3. The fraction of sp³-hybridized carbons (Fsp3) is 0.100. The lowest BCUT2D eigenvalue weighted by Gasteiger charge is -2.06. The van der Waals surface area contributed by atoms with Crippen molar-refractivity contribution < 1.29 is 8.42 Å². The van der Waals surface area contributed by atoms with Crippen LogP contribution >= 0.6 is 23.2 Å². The normalized spacial score (nSPS) is 11.6. The molecule has 0 aliphatic rings. The molecular weight excluding hydrogens is 283 g/mol. The van der Waals surface area contributed by atoms with E-state index >= 15 is 0 Å². The standard InChI is InChI=1S/C10H8Cl2N2O2S/c11-7-2-1-3-8(10(7)12)17(15,16)6-9-13-4-5-14-9/h1-5H,6H2,(H,13,14). The van der Waals surface area contributed by atoms with Crippen LogP contribution in [0.4, 0.5) is 0 Å². The van der Waals surface area contributed by atoms with E-state index in [4.69, 9.17) is 23.2 Å². The highest BCUT2D eigenvalue weighted by Crippen LogP contribution is 2.30. The van der Waals surface area contributed by atoms with Gasteiger partial charge in [0.05, 0.1) is 14.9 Å². The summed E-state index contributed by atoms with van der Waals surface area (Å²) in [5.41, 5.74) is 0. The van der Waals surface area contributed by atoms with Gasteiger partial charge in [0.15, 0.2) is 9.84 Å². The maximum atomic E-state index is 12.1. The summed E-state index contributed by atoms with van der Waals surface area (Å²) in [6.45, 7) is 0. The van der Waals surface area contributed by atoms with Crippen molar-refractivity contribution in [1.29, 1.82) is 0 Å². The van der Waals surface area contributed by atoms with Crippen LogP contribution in [0, 0.1) is 0 Å². The van der Waals surface area contributed by atoms with Crippen molar-refractivity contribution in [3.63, 3.8) is 0 Å². The Labute approximate surface area is 109 Å². The summed E-state index contributed by atoms with van der Waals surface area (Å²) in [4.78, 5) is 6.62. The Bertz CT molecular complexity index is 624. The van der Waals surface area contributed by atoms with E-state index in [2.05, 4.69) is 9.97 Å². The molecule has 0 aliphatic heterocycles. The number of sulfone groups is 1. The van der Waals surface area contributed by atoms with Crippen LogP contribution in [0.5, 0.6) is 0 Å². The van der Waals surface area contributed by atoms with Crippen LogP contribution < -0.4 is 0 Å². The molecule has 0 spiro atoms. The van der Waals surface area contributed by atoms with Crippen LogP contribution in [0.15, 0.2) is 35.5 Å². The summed E-state index contributed by atoms with van der Waals surface area (Å²) in [7, 11) is -3.55. The molecular formula is C10H8Cl2N2O2S. The van der Waals surface area contributed by atoms with E-state index in [-0.39, 0.29) is 20.7 Å². The molecule has 0 atom stereocenters. The molecule has 4 nitrogen and oxygen atoms in total. The average Bonchev–Trinajstić information content (AvgIpc) is 2.73. The molecule has 90 valence electrons. The molecule has 0 saturated carbocycles. The lowest BCUT2D eigenvalue weighted by molar-refractivity contribution is 0.594. The van der Waals surface area contributed by atoms with E-state index in [0.717, 1.165) is 0 Å². The Morgan fingerprint density at radius 1 is 1.29 bits per heavy atom. The second-order valence-corrected chi connectivity index (χ2v) is 6.09. The molecule has 1 N–H and O–H groups in total. The molecule has 0 radical (unpaired) electrons. The third-order valence-corrected chi connectivity index (χ3v) is 4.73. The second kappa shape index (κ2) is 4.68. The van der Waals surface area contributed by atoms with Crippen molar-refractivity contribution >= 4 is 33.0 Å². The van der Waals surface area contributed by atoms with E-state index in [1.807, 2.05) is 0 Å². The van der Waals surface area contributed by atoms with Crippen LogP contribution in [-0.4, -0.2) is 18.4 Å². The van der Waals surface area contributed by atoms with Crippen LogP contribution in [0.2, 0.25) is 10.0 Å². The summed E-state index contributed by atoms with van der Waals surface area (Å²) < 4.78 is 24.1. The largest absolute Gasteiger partial charge is 0.348 e. The van der Waals surface area contributed by atoms with Crippen LogP contribution in [0.1, 0.15) is 5.82 Å². The number of H-pyrrole nitrogens is 1. The predicted molar refractivity (Wildman–Crippen MR) is 65.9 cm³/mol. The molecule has 1 aromatic carbocycles.